The van der Waals surface area contributed by atoms with E-state index in [4.69, 9.17) is 5.11 Å². The van der Waals surface area contributed by atoms with Gasteiger partial charge in [-0.1, -0.05) is 0 Å². The van der Waals surface area contributed by atoms with Gasteiger partial charge in [-0.05, 0) is 40.4 Å². The third-order valence-corrected chi connectivity index (χ3v) is 1.82. The topological polar surface area (TPSA) is 33.1 Å². The van der Waals surface area contributed by atoms with E-state index in [2.05, 4.69) is 20.9 Å². The predicted octanol–water partition coefficient (Wildman–Crippen LogP) is 1.77. The lowest BCUT2D eigenvalue weighted by Gasteiger charge is -1.97. The van der Waals surface area contributed by atoms with E-state index in [1.54, 1.807) is 6.20 Å². The Hall–Kier alpha value is -0.410. The molecule has 3 heteroatoms. The van der Waals surface area contributed by atoms with Crippen molar-refractivity contribution in [3.8, 4) is 0 Å². The van der Waals surface area contributed by atoms with Gasteiger partial charge < -0.3 is 5.11 Å². The van der Waals surface area contributed by atoms with E-state index < -0.39 is 0 Å². The molecule has 0 radical (unpaired) electrons. The second-order valence-corrected chi connectivity index (χ2v) is 3.25. The first kappa shape index (κ1) is 8.68. The number of aryl methyl sites for hydroxylation is 1. The number of aliphatic hydroxyl groups is 1. The first-order valence-electron chi connectivity index (χ1n) is 3.53. The van der Waals surface area contributed by atoms with Crippen molar-refractivity contribution in [1.29, 1.82) is 0 Å². The maximum absolute atomic E-state index is 8.56. The van der Waals surface area contributed by atoms with E-state index in [9.17, 15) is 0 Å². The Bertz CT molecular complexity index is 227. The Labute approximate surface area is 74.4 Å². The van der Waals surface area contributed by atoms with Gasteiger partial charge in [0.15, 0.2) is 0 Å². The zero-order valence-corrected chi connectivity index (χ0v) is 7.71. The van der Waals surface area contributed by atoms with Gasteiger partial charge in [-0.2, -0.15) is 0 Å². The fourth-order valence-electron chi connectivity index (χ4n) is 0.876. The fraction of sp³-hybridized carbons (Fsp3) is 0.375. The molecule has 0 unspecified atom stereocenters. The average Bonchev–Trinajstić information content (AvgIpc) is 2.01. The van der Waals surface area contributed by atoms with Crippen LogP contribution in [0.3, 0.4) is 0 Å². The van der Waals surface area contributed by atoms with Crippen LogP contribution < -0.4 is 0 Å². The molecule has 1 aromatic heterocycles. The molecule has 1 heterocycles. The van der Waals surface area contributed by atoms with Gasteiger partial charge in [-0.3, -0.25) is 4.98 Å². The van der Waals surface area contributed by atoms with Crippen molar-refractivity contribution in [1.82, 2.24) is 4.98 Å². The van der Waals surface area contributed by atoms with Crippen molar-refractivity contribution in [2.75, 3.05) is 6.61 Å². The van der Waals surface area contributed by atoms with Crippen molar-refractivity contribution >= 4 is 15.9 Å². The first-order chi connectivity index (χ1) is 5.33. The van der Waals surface area contributed by atoms with Crippen LogP contribution in [0.25, 0.3) is 0 Å². The van der Waals surface area contributed by atoms with Crippen LogP contribution in [0, 0.1) is 0 Å². The fourth-order valence-corrected chi connectivity index (χ4v) is 1.29. The maximum atomic E-state index is 8.56. The minimum atomic E-state index is 0.243. The van der Waals surface area contributed by atoms with Crippen LogP contribution in [0.2, 0.25) is 0 Å². The number of aromatic nitrogens is 1. The second-order valence-electron chi connectivity index (χ2n) is 2.34. The van der Waals surface area contributed by atoms with Crippen LogP contribution in [0.4, 0.5) is 0 Å². The summed E-state index contributed by atoms with van der Waals surface area (Å²) < 4.78 is 0.993. The largest absolute Gasteiger partial charge is 0.396 e. The number of aliphatic hydroxyl groups excluding tert-OH is 1. The molecule has 1 rings (SSSR count). The summed E-state index contributed by atoms with van der Waals surface area (Å²) in [5, 5.41) is 8.56. The van der Waals surface area contributed by atoms with Crippen LogP contribution in [0.5, 0.6) is 0 Å². The normalized spacial score (nSPS) is 10.0. The molecule has 0 saturated carbocycles. The highest BCUT2D eigenvalue weighted by Crippen LogP contribution is 2.10. The Morgan fingerprint density at radius 1 is 1.45 bits per heavy atom. The van der Waals surface area contributed by atoms with Crippen LogP contribution in [-0.2, 0) is 6.42 Å². The summed E-state index contributed by atoms with van der Waals surface area (Å²) in [6.45, 7) is 0.243. The van der Waals surface area contributed by atoms with E-state index in [-0.39, 0.29) is 6.61 Å². The number of hydrogen-bond donors (Lipinski definition) is 1. The molecule has 0 saturated heterocycles. The highest BCUT2D eigenvalue weighted by atomic mass is 79.9. The monoisotopic (exact) mass is 215 g/mol. The lowest BCUT2D eigenvalue weighted by Crippen LogP contribution is -1.89. The quantitative estimate of drug-likeness (QED) is 0.835. The zero-order valence-electron chi connectivity index (χ0n) is 6.13. The van der Waals surface area contributed by atoms with E-state index >= 15 is 0 Å². The van der Waals surface area contributed by atoms with Crippen LogP contribution >= 0.6 is 15.9 Å². The van der Waals surface area contributed by atoms with Crippen molar-refractivity contribution in [2.45, 2.75) is 12.8 Å². The molecule has 0 bridgehead atoms. The summed E-state index contributed by atoms with van der Waals surface area (Å²) in [4.78, 5) is 4.01. The third kappa shape index (κ3) is 2.99. The molecule has 0 aliphatic rings. The Morgan fingerprint density at radius 3 is 2.91 bits per heavy atom. The summed E-state index contributed by atoms with van der Waals surface area (Å²) >= 11 is 3.33. The van der Waals surface area contributed by atoms with Gasteiger partial charge in [0.05, 0.1) is 0 Å². The number of rotatable bonds is 3. The summed E-state index contributed by atoms with van der Waals surface area (Å²) in [7, 11) is 0. The van der Waals surface area contributed by atoms with Gasteiger partial charge in [0.25, 0.3) is 0 Å². The second kappa shape index (κ2) is 4.46. The van der Waals surface area contributed by atoms with E-state index in [0.29, 0.717) is 0 Å². The molecule has 2 nitrogen and oxygen atoms in total. The molecule has 0 aromatic carbocycles. The molecule has 0 aliphatic carbocycles. The molecule has 0 spiro atoms. The standard InChI is InChI=1S/C8H10BrNO/c9-8-4-7(2-1-3-11)5-10-6-8/h4-6,11H,1-3H2. The maximum Gasteiger partial charge on any atom is 0.0434 e. The third-order valence-electron chi connectivity index (χ3n) is 1.39. The molecular weight excluding hydrogens is 206 g/mol. The highest BCUT2D eigenvalue weighted by Gasteiger charge is 1.93. The smallest absolute Gasteiger partial charge is 0.0434 e. The van der Waals surface area contributed by atoms with Crippen molar-refractivity contribution in [3.05, 3.63) is 28.5 Å². The van der Waals surface area contributed by atoms with E-state index in [1.807, 2.05) is 12.3 Å². The minimum Gasteiger partial charge on any atom is -0.396 e. The predicted molar refractivity (Wildman–Crippen MR) is 47.3 cm³/mol. The molecule has 0 aliphatic heterocycles. The average molecular weight is 216 g/mol. The van der Waals surface area contributed by atoms with Gasteiger partial charge in [0.1, 0.15) is 0 Å². The minimum absolute atomic E-state index is 0.243. The van der Waals surface area contributed by atoms with E-state index in [0.717, 1.165) is 22.9 Å². The molecule has 1 N–H and O–H groups in total. The summed E-state index contributed by atoms with van der Waals surface area (Å²) in [5.74, 6) is 0. The molecule has 0 atom stereocenters. The Balaban J connectivity index is 2.56. The Kier molecular flexibility index (Phi) is 3.52. The molecule has 60 valence electrons. The molecule has 11 heavy (non-hydrogen) atoms. The van der Waals surface area contributed by atoms with Crippen LogP contribution in [0.1, 0.15) is 12.0 Å². The van der Waals surface area contributed by atoms with Crippen molar-refractivity contribution < 1.29 is 5.11 Å². The zero-order chi connectivity index (χ0) is 8.10. The van der Waals surface area contributed by atoms with Crippen LogP contribution in [0.15, 0.2) is 22.9 Å². The van der Waals surface area contributed by atoms with Gasteiger partial charge in [0, 0.05) is 23.5 Å². The summed E-state index contributed by atoms with van der Waals surface area (Å²) in [5.41, 5.74) is 1.16. The van der Waals surface area contributed by atoms with Gasteiger partial charge >= 0.3 is 0 Å². The number of pyridine rings is 1. The highest BCUT2D eigenvalue weighted by molar-refractivity contribution is 9.10. The van der Waals surface area contributed by atoms with Crippen molar-refractivity contribution in [2.24, 2.45) is 0 Å². The molecule has 0 fully saturated rings. The van der Waals surface area contributed by atoms with Gasteiger partial charge in [-0.15, -0.1) is 0 Å². The summed E-state index contributed by atoms with van der Waals surface area (Å²) in [6, 6.07) is 2.02. The lowest BCUT2D eigenvalue weighted by molar-refractivity contribution is 0.288. The summed E-state index contributed by atoms with van der Waals surface area (Å²) in [6.07, 6.45) is 5.27. The SMILES string of the molecule is OCCCc1cncc(Br)c1. The number of halogens is 1. The molecule has 1 aromatic rings. The number of nitrogens with zero attached hydrogens (tertiary/aromatic N) is 1. The first-order valence-corrected chi connectivity index (χ1v) is 4.32. The van der Waals surface area contributed by atoms with Gasteiger partial charge in [-0.25, -0.2) is 0 Å². The molecule has 0 amide bonds. The van der Waals surface area contributed by atoms with E-state index in [1.165, 1.54) is 0 Å². The molecular formula is C8H10BrNO. The number of hydrogen-bond acceptors (Lipinski definition) is 2. The van der Waals surface area contributed by atoms with Crippen molar-refractivity contribution in [3.63, 3.8) is 0 Å². The Morgan fingerprint density at radius 2 is 2.27 bits per heavy atom. The van der Waals surface area contributed by atoms with Gasteiger partial charge in [0.2, 0.25) is 0 Å². The van der Waals surface area contributed by atoms with Crippen LogP contribution in [-0.4, -0.2) is 16.7 Å². The lowest BCUT2D eigenvalue weighted by atomic mass is 10.2.